The van der Waals surface area contributed by atoms with Crippen LogP contribution in [-0.4, -0.2) is 33.2 Å². The molecule has 4 rings (SSSR count). The maximum absolute atomic E-state index is 12.4. The molecule has 8 heteroatoms. The highest BCUT2D eigenvalue weighted by atomic mass is 16.5. The normalized spacial score (nSPS) is 18.3. The summed E-state index contributed by atoms with van der Waals surface area (Å²) in [5, 5.41) is 15.6. The molecular formula is C23H23N3O5. The van der Waals surface area contributed by atoms with Gasteiger partial charge in [-0.25, -0.2) is 0 Å². The first-order chi connectivity index (χ1) is 15.1. The minimum atomic E-state index is -0.734. The van der Waals surface area contributed by atoms with Crippen molar-refractivity contribution in [2.75, 3.05) is 5.32 Å². The number of benzene rings is 2. The number of hydrogen-bond donors (Lipinski definition) is 2. The number of rotatable bonds is 7. The summed E-state index contributed by atoms with van der Waals surface area (Å²) in [6, 6.07) is 16.6. The lowest BCUT2D eigenvalue weighted by Crippen LogP contribution is -2.27. The SMILES string of the molecule is O=C(Nc1nc(Cc2ccccc2)no1)c1ccc(O[C@H]2CC[C@@H](C(=O)O)CC2)cc1. The van der Waals surface area contributed by atoms with Crippen LogP contribution in [0.5, 0.6) is 5.75 Å². The van der Waals surface area contributed by atoms with Gasteiger partial charge in [0.25, 0.3) is 5.91 Å². The predicted octanol–water partition coefficient (Wildman–Crippen LogP) is 3.93. The molecule has 1 aliphatic rings. The molecule has 0 spiro atoms. The van der Waals surface area contributed by atoms with Crippen molar-refractivity contribution < 1.29 is 24.0 Å². The Balaban J connectivity index is 1.29. The minimum Gasteiger partial charge on any atom is -0.490 e. The summed E-state index contributed by atoms with van der Waals surface area (Å²) < 4.78 is 11.0. The molecule has 1 amide bonds. The second kappa shape index (κ2) is 9.42. The fourth-order valence-electron chi connectivity index (χ4n) is 3.63. The number of carbonyl (C=O) groups excluding carboxylic acids is 1. The van der Waals surface area contributed by atoms with Gasteiger partial charge in [-0.15, -0.1) is 0 Å². The zero-order valence-corrected chi connectivity index (χ0v) is 16.9. The van der Waals surface area contributed by atoms with Gasteiger partial charge in [-0.05, 0) is 55.5 Å². The van der Waals surface area contributed by atoms with Gasteiger partial charge in [-0.1, -0.05) is 35.5 Å². The molecule has 2 N–H and O–H groups in total. The Kier molecular flexibility index (Phi) is 6.26. The van der Waals surface area contributed by atoms with Crippen LogP contribution in [0.25, 0.3) is 0 Å². The molecule has 31 heavy (non-hydrogen) atoms. The summed E-state index contributed by atoms with van der Waals surface area (Å²) in [6.07, 6.45) is 3.18. The van der Waals surface area contributed by atoms with Crippen LogP contribution in [0.15, 0.2) is 59.1 Å². The van der Waals surface area contributed by atoms with Gasteiger partial charge in [-0.2, -0.15) is 4.98 Å². The van der Waals surface area contributed by atoms with Crippen molar-refractivity contribution in [3.05, 3.63) is 71.5 Å². The van der Waals surface area contributed by atoms with E-state index < -0.39 is 5.97 Å². The van der Waals surface area contributed by atoms with Crippen molar-refractivity contribution in [1.29, 1.82) is 0 Å². The van der Waals surface area contributed by atoms with Crippen molar-refractivity contribution in [2.45, 2.75) is 38.2 Å². The number of ether oxygens (including phenoxy) is 1. The average molecular weight is 421 g/mol. The Bertz CT molecular complexity index is 1020. The van der Waals surface area contributed by atoms with Crippen molar-refractivity contribution in [1.82, 2.24) is 10.1 Å². The number of nitrogens with zero attached hydrogens (tertiary/aromatic N) is 2. The lowest BCUT2D eigenvalue weighted by molar-refractivity contribution is -0.143. The average Bonchev–Trinajstić information content (AvgIpc) is 3.22. The fraction of sp³-hybridized carbons (Fsp3) is 0.304. The number of anilines is 1. The van der Waals surface area contributed by atoms with Crippen LogP contribution in [0.4, 0.5) is 6.01 Å². The van der Waals surface area contributed by atoms with E-state index in [0.29, 0.717) is 49.2 Å². The van der Waals surface area contributed by atoms with Crippen LogP contribution in [-0.2, 0) is 11.2 Å². The smallest absolute Gasteiger partial charge is 0.328 e. The molecule has 1 aliphatic carbocycles. The van der Waals surface area contributed by atoms with E-state index in [9.17, 15) is 9.59 Å². The van der Waals surface area contributed by atoms with Gasteiger partial charge in [0.1, 0.15) is 5.75 Å². The molecule has 1 heterocycles. The third kappa shape index (κ3) is 5.48. The maximum atomic E-state index is 12.4. The Morgan fingerprint density at radius 1 is 1.03 bits per heavy atom. The fourth-order valence-corrected chi connectivity index (χ4v) is 3.63. The summed E-state index contributed by atoms with van der Waals surface area (Å²) in [4.78, 5) is 27.7. The topological polar surface area (TPSA) is 115 Å². The summed E-state index contributed by atoms with van der Waals surface area (Å²) in [7, 11) is 0. The van der Waals surface area contributed by atoms with Crippen molar-refractivity contribution in [3.63, 3.8) is 0 Å². The van der Waals surface area contributed by atoms with Crippen LogP contribution in [0.2, 0.25) is 0 Å². The van der Waals surface area contributed by atoms with Crippen molar-refractivity contribution in [2.24, 2.45) is 5.92 Å². The van der Waals surface area contributed by atoms with Crippen LogP contribution in [0.1, 0.15) is 47.4 Å². The first-order valence-electron chi connectivity index (χ1n) is 10.2. The second-order valence-corrected chi connectivity index (χ2v) is 7.59. The maximum Gasteiger partial charge on any atom is 0.328 e. The molecule has 3 aromatic rings. The van der Waals surface area contributed by atoms with Crippen LogP contribution in [0, 0.1) is 5.92 Å². The van der Waals surface area contributed by atoms with Gasteiger partial charge in [0, 0.05) is 12.0 Å². The zero-order chi connectivity index (χ0) is 21.6. The van der Waals surface area contributed by atoms with Gasteiger partial charge >= 0.3 is 12.0 Å². The second-order valence-electron chi connectivity index (χ2n) is 7.59. The number of carbonyl (C=O) groups is 2. The molecule has 1 aromatic heterocycles. The zero-order valence-electron chi connectivity index (χ0n) is 16.9. The van der Waals surface area contributed by atoms with E-state index in [1.807, 2.05) is 30.3 Å². The first kappa shape index (κ1) is 20.6. The summed E-state index contributed by atoms with van der Waals surface area (Å²) >= 11 is 0. The molecule has 0 bridgehead atoms. The Labute approximate surface area is 179 Å². The van der Waals surface area contributed by atoms with E-state index in [2.05, 4.69) is 15.5 Å². The number of carboxylic acid groups (broad SMARTS) is 1. The molecule has 1 saturated carbocycles. The molecule has 2 aromatic carbocycles. The summed E-state index contributed by atoms with van der Waals surface area (Å²) in [5.74, 6) is -0.226. The highest BCUT2D eigenvalue weighted by Crippen LogP contribution is 2.28. The van der Waals surface area contributed by atoms with Crippen LogP contribution < -0.4 is 10.1 Å². The van der Waals surface area contributed by atoms with E-state index in [0.717, 1.165) is 5.56 Å². The molecule has 0 aliphatic heterocycles. The first-order valence-corrected chi connectivity index (χ1v) is 10.2. The molecule has 8 nitrogen and oxygen atoms in total. The molecule has 0 unspecified atom stereocenters. The highest BCUT2D eigenvalue weighted by Gasteiger charge is 2.26. The van der Waals surface area contributed by atoms with Gasteiger partial charge < -0.3 is 14.4 Å². The standard InChI is InChI=1S/C23H23N3O5/c27-21(25-23-24-20(26-31-23)14-15-4-2-1-3-5-15)16-6-10-18(11-7-16)30-19-12-8-17(9-13-19)22(28)29/h1-7,10-11,17,19H,8-9,12-14H2,(H,28,29)(H,24,25,26,27)/t17-,19+. The lowest BCUT2D eigenvalue weighted by Gasteiger charge is -2.26. The summed E-state index contributed by atoms with van der Waals surface area (Å²) in [5.41, 5.74) is 1.48. The number of hydrogen-bond acceptors (Lipinski definition) is 6. The van der Waals surface area contributed by atoms with Crippen LogP contribution in [0.3, 0.4) is 0 Å². The number of nitrogens with one attached hydrogen (secondary N) is 1. The van der Waals surface area contributed by atoms with E-state index in [1.54, 1.807) is 24.3 Å². The molecule has 160 valence electrons. The minimum absolute atomic E-state index is 0.00305. The van der Waals surface area contributed by atoms with E-state index in [1.165, 1.54) is 0 Å². The third-order valence-electron chi connectivity index (χ3n) is 5.34. The van der Waals surface area contributed by atoms with Gasteiger partial charge in [0.05, 0.1) is 12.0 Å². The van der Waals surface area contributed by atoms with Gasteiger partial charge in [0.2, 0.25) is 0 Å². The quantitative estimate of drug-likeness (QED) is 0.594. The molecule has 1 fully saturated rings. The Morgan fingerprint density at radius 2 is 1.74 bits per heavy atom. The van der Waals surface area contributed by atoms with Gasteiger partial charge in [0.15, 0.2) is 5.82 Å². The predicted molar refractivity (Wildman–Crippen MR) is 112 cm³/mol. The van der Waals surface area contributed by atoms with E-state index in [-0.39, 0.29) is 23.9 Å². The van der Waals surface area contributed by atoms with Gasteiger partial charge in [-0.3, -0.25) is 14.9 Å². The molecular weight excluding hydrogens is 398 g/mol. The number of carboxylic acids is 1. The molecule has 0 atom stereocenters. The Morgan fingerprint density at radius 3 is 2.42 bits per heavy atom. The van der Waals surface area contributed by atoms with Crippen molar-refractivity contribution in [3.8, 4) is 5.75 Å². The Hall–Kier alpha value is -3.68. The highest BCUT2D eigenvalue weighted by molar-refractivity contribution is 6.03. The number of aromatic nitrogens is 2. The van der Waals surface area contributed by atoms with Crippen molar-refractivity contribution >= 4 is 17.9 Å². The lowest BCUT2D eigenvalue weighted by atomic mass is 9.87. The number of amides is 1. The largest absolute Gasteiger partial charge is 0.490 e. The summed E-state index contributed by atoms with van der Waals surface area (Å²) in [6.45, 7) is 0. The molecule has 0 saturated heterocycles. The van der Waals surface area contributed by atoms with E-state index >= 15 is 0 Å². The molecule has 0 radical (unpaired) electrons. The number of aliphatic carboxylic acids is 1. The third-order valence-corrected chi connectivity index (χ3v) is 5.34. The van der Waals surface area contributed by atoms with Crippen LogP contribution >= 0.6 is 0 Å². The monoisotopic (exact) mass is 421 g/mol. The van der Waals surface area contributed by atoms with E-state index in [4.69, 9.17) is 14.4 Å².